The second-order valence-electron chi connectivity index (χ2n) is 6.76. The van der Waals surface area contributed by atoms with Gasteiger partial charge >= 0.3 is 6.18 Å². The molecule has 1 aliphatic carbocycles. The van der Waals surface area contributed by atoms with Crippen LogP contribution in [-0.2, 0) is 6.18 Å². The van der Waals surface area contributed by atoms with Crippen molar-refractivity contribution < 1.29 is 13.2 Å². The largest absolute Gasteiger partial charge is 0.416 e. The highest BCUT2D eigenvalue weighted by atomic mass is 19.4. The second kappa shape index (κ2) is 4.99. The Morgan fingerprint density at radius 1 is 1.19 bits per heavy atom. The van der Waals surface area contributed by atoms with Gasteiger partial charge in [0.15, 0.2) is 0 Å². The molecule has 118 valence electrons. The SMILES string of the molecule is CC1C(c2cccc(C(F)(F)F)c2)CCC(C)(N)C1(C)N. The zero-order valence-corrected chi connectivity index (χ0v) is 12.7. The molecule has 5 heteroatoms. The van der Waals surface area contributed by atoms with Gasteiger partial charge in [-0.1, -0.05) is 25.1 Å². The lowest BCUT2D eigenvalue weighted by Gasteiger charge is -2.52. The van der Waals surface area contributed by atoms with E-state index in [4.69, 9.17) is 11.5 Å². The Morgan fingerprint density at radius 2 is 1.81 bits per heavy atom. The van der Waals surface area contributed by atoms with Crippen LogP contribution in [0.4, 0.5) is 13.2 Å². The van der Waals surface area contributed by atoms with Crippen molar-refractivity contribution >= 4 is 0 Å². The van der Waals surface area contributed by atoms with E-state index in [1.807, 2.05) is 20.8 Å². The molecule has 1 saturated carbocycles. The molecule has 4 atom stereocenters. The Balaban J connectivity index is 2.36. The second-order valence-corrected chi connectivity index (χ2v) is 6.76. The molecule has 0 spiro atoms. The minimum atomic E-state index is -4.32. The number of alkyl halides is 3. The van der Waals surface area contributed by atoms with Gasteiger partial charge in [-0.2, -0.15) is 13.2 Å². The number of hydrogen-bond acceptors (Lipinski definition) is 2. The Hall–Kier alpha value is -1.07. The van der Waals surface area contributed by atoms with Crippen molar-refractivity contribution in [1.29, 1.82) is 0 Å². The van der Waals surface area contributed by atoms with Crippen molar-refractivity contribution in [2.45, 2.75) is 56.8 Å². The number of nitrogens with two attached hydrogens (primary N) is 2. The first-order chi connectivity index (χ1) is 9.47. The van der Waals surface area contributed by atoms with Gasteiger partial charge in [-0.3, -0.25) is 0 Å². The molecule has 0 aromatic heterocycles. The molecule has 2 rings (SSSR count). The van der Waals surface area contributed by atoms with Crippen LogP contribution in [0.25, 0.3) is 0 Å². The average Bonchev–Trinajstić information content (AvgIpc) is 2.36. The number of benzene rings is 1. The zero-order chi connectivity index (χ0) is 16.1. The minimum absolute atomic E-state index is 0.000995. The van der Waals surface area contributed by atoms with Crippen LogP contribution in [-0.4, -0.2) is 11.1 Å². The van der Waals surface area contributed by atoms with Crippen LogP contribution in [0.3, 0.4) is 0 Å². The summed E-state index contributed by atoms with van der Waals surface area (Å²) < 4.78 is 38.6. The van der Waals surface area contributed by atoms with Crippen LogP contribution in [0, 0.1) is 5.92 Å². The molecule has 0 bridgehead atoms. The Kier molecular flexibility index (Phi) is 3.87. The van der Waals surface area contributed by atoms with Gasteiger partial charge in [-0.25, -0.2) is 0 Å². The summed E-state index contributed by atoms with van der Waals surface area (Å²) in [6.07, 6.45) is -2.87. The molecule has 4 unspecified atom stereocenters. The van der Waals surface area contributed by atoms with E-state index in [2.05, 4.69) is 0 Å². The quantitative estimate of drug-likeness (QED) is 0.831. The topological polar surface area (TPSA) is 52.0 Å². The molecule has 0 heterocycles. The minimum Gasteiger partial charge on any atom is -0.324 e. The lowest BCUT2D eigenvalue weighted by molar-refractivity contribution is -0.137. The van der Waals surface area contributed by atoms with E-state index in [9.17, 15) is 13.2 Å². The summed E-state index contributed by atoms with van der Waals surface area (Å²) in [5.74, 6) is 0.00339. The fraction of sp³-hybridized carbons (Fsp3) is 0.625. The number of rotatable bonds is 1. The van der Waals surface area contributed by atoms with Crippen molar-refractivity contribution in [3.8, 4) is 0 Å². The average molecular weight is 300 g/mol. The van der Waals surface area contributed by atoms with Crippen molar-refractivity contribution in [2.75, 3.05) is 0 Å². The summed E-state index contributed by atoms with van der Waals surface area (Å²) in [6, 6.07) is 5.57. The molecular weight excluding hydrogens is 277 g/mol. The maximum atomic E-state index is 12.9. The summed E-state index contributed by atoms with van der Waals surface area (Å²) in [6.45, 7) is 5.80. The maximum Gasteiger partial charge on any atom is 0.416 e. The molecule has 2 nitrogen and oxygen atoms in total. The molecule has 0 amide bonds. The monoisotopic (exact) mass is 300 g/mol. The molecular formula is C16H23F3N2. The van der Waals surface area contributed by atoms with Crippen LogP contribution < -0.4 is 11.5 Å². The first-order valence-electron chi connectivity index (χ1n) is 7.22. The van der Waals surface area contributed by atoms with E-state index in [1.54, 1.807) is 6.07 Å². The number of hydrogen-bond donors (Lipinski definition) is 2. The van der Waals surface area contributed by atoms with E-state index in [0.29, 0.717) is 12.0 Å². The summed E-state index contributed by atoms with van der Waals surface area (Å²) in [7, 11) is 0. The molecule has 0 radical (unpaired) electrons. The highest BCUT2D eigenvalue weighted by molar-refractivity contribution is 5.31. The predicted molar refractivity (Wildman–Crippen MR) is 77.8 cm³/mol. The summed E-state index contributed by atoms with van der Waals surface area (Å²) >= 11 is 0. The van der Waals surface area contributed by atoms with Gasteiger partial charge in [-0.05, 0) is 50.2 Å². The molecule has 1 aliphatic rings. The van der Waals surface area contributed by atoms with Crippen molar-refractivity contribution in [3.05, 3.63) is 35.4 Å². The zero-order valence-electron chi connectivity index (χ0n) is 12.7. The highest BCUT2D eigenvalue weighted by Gasteiger charge is 2.49. The molecule has 1 aromatic carbocycles. The van der Waals surface area contributed by atoms with Crippen LogP contribution in [0.2, 0.25) is 0 Å². The van der Waals surface area contributed by atoms with Gasteiger partial charge in [0.05, 0.1) is 5.56 Å². The van der Waals surface area contributed by atoms with Gasteiger partial charge < -0.3 is 11.5 Å². The molecule has 0 aliphatic heterocycles. The van der Waals surface area contributed by atoms with Crippen molar-refractivity contribution in [2.24, 2.45) is 17.4 Å². The maximum absolute atomic E-state index is 12.9. The number of halogens is 3. The third-order valence-corrected chi connectivity index (χ3v) is 5.40. The van der Waals surface area contributed by atoms with Crippen LogP contribution in [0.15, 0.2) is 24.3 Å². The summed E-state index contributed by atoms with van der Waals surface area (Å²) in [5.41, 5.74) is 11.6. The molecule has 0 saturated heterocycles. The summed E-state index contributed by atoms with van der Waals surface area (Å²) in [4.78, 5) is 0. The van der Waals surface area contributed by atoms with E-state index in [-0.39, 0.29) is 11.8 Å². The van der Waals surface area contributed by atoms with Crippen molar-refractivity contribution in [1.82, 2.24) is 0 Å². The van der Waals surface area contributed by atoms with E-state index in [0.717, 1.165) is 12.5 Å². The third-order valence-electron chi connectivity index (χ3n) is 5.40. The first-order valence-corrected chi connectivity index (χ1v) is 7.22. The Morgan fingerprint density at radius 3 is 2.38 bits per heavy atom. The molecule has 21 heavy (non-hydrogen) atoms. The molecule has 1 aromatic rings. The van der Waals surface area contributed by atoms with Crippen LogP contribution >= 0.6 is 0 Å². The normalized spacial score (nSPS) is 37.5. The van der Waals surface area contributed by atoms with Gasteiger partial charge in [0.1, 0.15) is 0 Å². The summed E-state index contributed by atoms with van der Waals surface area (Å²) in [5, 5.41) is 0. The van der Waals surface area contributed by atoms with Crippen LogP contribution in [0.1, 0.15) is 50.7 Å². The molecule has 4 N–H and O–H groups in total. The van der Waals surface area contributed by atoms with E-state index < -0.39 is 22.8 Å². The lowest BCUT2D eigenvalue weighted by atomic mass is 9.59. The van der Waals surface area contributed by atoms with Gasteiger partial charge in [0, 0.05) is 11.1 Å². The van der Waals surface area contributed by atoms with Gasteiger partial charge in [-0.15, -0.1) is 0 Å². The standard InChI is InChI=1S/C16H23F3N2/c1-10-13(7-8-14(2,20)15(10,3)21)11-5-4-6-12(9-11)16(17,18)19/h4-6,9-10,13H,7-8,20-21H2,1-3H3. The smallest absolute Gasteiger partial charge is 0.324 e. The van der Waals surface area contributed by atoms with Gasteiger partial charge in [0.25, 0.3) is 0 Å². The fourth-order valence-corrected chi connectivity index (χ4v) is 3.31. The fourth-order valence-electron chi connectivity index (χ4n) is 3.31. The Labute approximate surface area is 123 Å². The van der Waals surface area contributed by atoms with E-state index >= 15 is 0 Å². The molecule has 1 fully saturated rings. The Bertz CT molecular complexity index is 520. The van der Waals surface area contributed by atoms with Gasteiger partial charge in [0.2, 0.25) is 0 Å². The highest BCUT2D eigenvalue weighted by Crippen LogP contribution is 2.46. The van der Waals surface area contributed by atoms with Crippen molar-refractivity contribution in [3.63, 3.8) is 0 Å². The van der Waals surface area contributed by atoms with Crippen LogP contribution in [0.5, 0.6) is 0 Å². The third kappa shape index (κ3) is 2.81. The first kappa shape index (κ1) is 16.3. The lowest BCUT2D eigenvalue weighted by Crippen LogP contribution is -2.68. The van der Waals surface area contributed by atoms with E-state index in [1.165, 1.54) is 12.1 Å². The predicted octanol–water partition coefficient (Wildman–Crippen LogP) is 3.65.